The zero-order valence-electron chi connectivity index (χ0n) is 15.8. The molecular weight excluding hydrogens is 346 g/mol. The molecule has 3 heterocycles. The first kappa shape index (κ1) is 17.0. The Balaban J connectivity index is 1.38. The number of imidazole rings is 1. The molecule has 2 aromatic carbocycles. The molecule has 0 spiro atoms. The van der Waals surface area contributed by atoms with E-state index in [9.17, 15) is 0 Å². The number of nitrogens with zero attached hydrogens (tertiary/aromatic N) is 4. The highest BCUT2D eigenvalue weighted by atomic mass is 15.3. The molecule has 0 amide bonds. The molecule has 0 radical (unpaired) electrons. The van der Waals surface area contributed by atoms with Crippen LogP contribution in [-0.2, 0) is 19.6 Å². The number of benzene rings is 2. The largest absolute Gasteiger partial charge is 0.325 e. The van der Waals surface area contributed by atoms with E-state index in [1.807, 2.05) is 18.5 Å². The average molecular weight is 369 g/mol. The summed E-state index contributed by atoms with van der Waals surface area (Å²) in [5, 5.41) is 8.25. The van der Waals surface area contributed by atoms with Crippen LogP contribution in [0.15, 0.2) is 73.1 Å². The van der Waals surface area contributed by atoms with Gasteiger partial charge in [0, 0.05) is 32.0 Å². The van der Waals surface area contributed by atoms with Gasteiger partial charge in [-0.25, -0.2) is 4.98 Å². The summed E-state index contributed by atoms with van der Waals surface area (Å²) in [6.07, 6.45) is 5.00. The van der Waals surface area contributed by atoms with Crippen molar-refractivity contribution in [2.24, 2.45) is 0 Å². The van der Waals surface area contributed by atoms with E-state index in [0.29, 0.717) is 0 Å². The van der Waals surface area contributed by atoms with E-state index in [2.05, 4.69) is 74.1 Å². The number of nitrogens with one attached hydrogen (secondary N) is 1. The van der Waals surface area contributed by atoms with Crippen molar-refractivity contribution in [2.45, 2.75) is 26.1 Å². The van der Waals surface area contributed by atoms with Crippen LogP contribution in [0.25, 0.3) is 22.6 Å². The molecule has 5 nitrogen and oxygen atoms in total. The number of rotatable bonds is 4. The Hall–Kier alpha value is -3.18. The van der Waals surface area contributed by atoms with Gasteiger partial charge in [-0.1, -0.05) is 54.6 Å². The standard InChI is InChI=1S/C23H23N5/c1-2-5-19(6-3-1)20-9-7-18(8-10-20)17-27-14-12-25-23(27)22-15-21-16-24-11-4-13-28(21)26-22/h1-3,5-10,12,14-15,24H,4,11,13,16-17H2. The summed E-state index contributed by atoms with van der Waals surface area (Å²) >= 11 is 0. The van der Waals surface area contributed by atoms with Crippen molar-refractivity contribution in [1.29, 1.82) is 0 Å². The SMILES string of the molecule is c1ccc(-c2ccc(Cn3ccnc3-c3cc4n(n3)CCCNC4)cc2)cc1. The highest BCUT2D eigenvalue weighted by molar-refractivity contribution is 5.63. The van der Waals surface area contributed by atoms with Crippen molar-refractivity contribution in [3.63, 3.8) is 0 Å². The van der Waals surface area contributed by atoms with Gasteiger partial charge in [-0.05, 0) is 35.7 Å². The topological polar surface area (TPSA) is 47.7 Å². The normalized spacial score (nSPS) is 13.9. The van der Waals surface area contributed by atoms with Crippen molar-refractivity contribution in [2.75, 3.05) is 6.54 Å². The lowest BCUT2D eigenvalue weighted by atomic mass is 10.0. The van der Waals surface area contributed by atoms with Crippen molar-refractivity contribution >= 4 is 0 Å². The highest BCUT2D eigenvalue weighted by Gasteiger charge is 2.15. The van der Waals surface area contributed by atoms with E-state index in [4.69, 9.17) is 5.10 Å². The van der Waals surface area contributed by atoms with E-state index < -0.39 is 0 Å². The maximum atomic E-state index is 4.80. The van der Waals surface area contributed by atoms with Gasteiger partial charge < -0.3 is 9.88 Å². The van der Waals surface area contributed by atoms with Gasteiger partial charge in [0.25, 0.3) is 0 Å². The van der Waals surface area contributed by atoms with Gasteiger partial charge in [-0.15, -0.1) is 0 Å². The molecule has 0 aliphatic carbocycles. The Bertz CT molecular complexity index is 1040. The molecule has 0 fully saturated rings. The number of aryl methyl sites for hydroxylation is 1. The third-order valence-electron chi connectivity index (χ3n) is 5.25. The van der Waals surface area contributed by atoms with E-state index in [1.165, 1.54) is 22.4 Å². The Morgan fingerprint density at radius 1 is 0.964 bits per heavy atom. The summed E-state index contributed by atoms with van der Waals surface area (Å²) in [6, 6.07) is 21.4. The molecule has 2 aromatic heterocycles. The minimum atomic E-state index is 0.783. The lowest BCUT2D eigenvalue weighted by Gasteiger charge is -2.08. The summed E-state index contributed by atoms with van der Waals surface area (Å²) in [5.74, 6) is 0.924. The highest BCUT2D eigenvalue weighted by Crippen LogP contribution is 2.22. The second kappa shape index (κ2) is 7.44. The van der Waals surface area contributed by atoms with Gasteiger partial charge >= 0.3 is 0 Å². The summed E-state index contributed by atoms with van der Waals surface area (Å²) in [5.41, 5.74) is 5.91. The molecule has 1 N–H and O–H groups in total. The third kappa shape index (κ3) is 3.37. The zero-order chi connectivity index (χ0) is 18.8. The molecule has 140 valence electrons. The van der Waals surface area contributed by atoms with Crippen LogP contribution in [-0.4, -0.2) is 25.9 Å². The van der Waals surface area contributed by atoms with Crippen LogP contribution < -0.4 is 5.32 Å². The molecule has 0 bridgehead atoms. The minimum absolute atomic E-state index is 0.783. The lowest BCUT2D eigenvalue weighted by Crippen LogP contribution is -2.11. The molecule has 5 rings (SSSR count). The van der Waals surface area contributed by atoms with Crippen LogP contribution in [0.5, 0.6) is 0 Å². The van der Waals surface area contributed by atoms with Gasteiger partial charge in [-0.3, -0.25) is 4.68 Å². The number of aromatic nitrogens is 4. The van der Waals surface area contributed by atoms with Gasteiger partial charge in [-0.2, -0.15) is 5.10 Å². The summed E-state index contributed by atoms with van der Waals surface area (Å²) < 4.78 is 4.29. The van der Waals surface area contributed by atoms with E-state index in [-0.39, 0.29) is 0 Å². The van der Waals surface area contributed by atoms with E-state index in [1.54, 1.807) is 0 Å². The van der Waals surface area contributed by atoms with Crippen LogP contribution in [0.3, 0.4) is 0 Å². The molecule has 5 heteroatoms. The fourth-order valence-electron chi connectivity index (χ4n) is 3.77. The Labute approximate surface area is 164 Å². The first-order valence-electron chi connectivity index (χ1n) is 9.80. The maximum Gasteiger partial charge on any atom is 0.160 e. The minimum Gasteiger partial charge on any atom is -0.325 e. The van der Waals surface area contributed by atoms with Gasteiger partial charge in [0.05, 0.1) is 5.69 Å². The van der Waals surface area contributed by atoms with Gasteiger partial charge in [0.15, 0.2) is 5.82 Å². The third-order valence-corrected chi connectivity index (χ3v) is 5.25. The van der Waals surface area contributed by atoms with Gasteiger partial charge in [0.2, 0.25) is 0 Å². The average Bonchev–Trinajstić information content (AvgIpc) is 3.30. The number of fused-ring (bicyclic) bond motifs is 1. The second-order valence-corrected chi connectivity index (χ2v) is 7.22. The van der Waals surface area contributed by atoms with Crippen molar-refractivity contribution < 1.29 is 0 Å². The van der Waals surface area contributed by atoms with Crippen LogP contribution in [0, 0.1) is 0 Å². The summed E-state index contributed by atoms with van der Waals surface area (Å²) in [6.45, 7) is 3.66. The van der Waals surface area contributed by atoms with E-state index >= 15 is 0 Å². The van der Waals surface area contributed by atoms with Crippen LogP contribution in [0.4, 0.5) is 0 Å². The van der Waals surface area contributed by atoms with Crippen LogP contribution in [0.2, 0.25) is 0 Å². The fourth-order valence-corrected chi connectivity index (χ4v) is 3.77. The molecule has 0 saturated carbocycles. The molecule has 1 aliphatic heterocycles. The fraction of sp³-hybridized carbons (Fsp3) is 0.217. The van der Waals surface area contributed by atoms with Crippen molar-refractivity contribution in [1.82, 2.24) is 24.6 Å². The zero-order valence-corrected chi connectivity index (χ0v) is 15.8. The molecule has 28 heavy (non-hydrogen) atoms. The maximum absolute atomic E-state index is 4.80. The summed E-state index contributed by atoms with van der Waals surface area (Å²) in [7, 11) is 0. The molecule has 0 saturated heterocycles. The predicted octanol–water partition coefficient (Wildman–Crippen LogP) is 3.96. The Kier molecular flexibility index (Phi) is 4.51. The quantitative estimate of drug-likeness (QED) is 0.592. The molecule has 1 aliphatic rings. The van der Waals surface area contributed by atoms with E-state index in [0.717, 1.165) is 44.1 Å². The van der Waals surface area contributed by atoms with Crippen LogP contribution in [0.1, 0.15) is 17.7 Å². The number of hydrogen-bond acceptors (Lipinski definition) is 3. The second-order valence-electron chi connectivity index (χ2n) is 7.22. The first-order valence-corrected chi connectivity index (χ1v) is 9.80. The smallest absolute Gasteiger partial charge is 0.160 e. The molecule has 0 unspecified atom stereocenters. The Morgan fingerprint density at radius 2 is 1.79 bits per heavy atom. The monoisotopic (exact) mass is 369 g/mol. The predicted molar refractivity (Wildman–Crippen MR) is 111 cm³/mol. The molecular formula is C23H23N5. The Morgan fingerprint density at radius 3 is 2.64 bits per heavy atom. The van der Waals surface area contributed by atoms with Gasteiger partial charge in [0.1, 0.15) is 5.69 Å². The first-order chi connectivity index (χ1) is 13.9. The lowest BCUT2D eigenvalue weighted by molar-refractivity contribution is 0.588. The van der Waals surface area contributed by atoms with Crippen LogP contribution >= 0.6 is 0 Å². The summed E-state index contributed by atoms with van der Waals surface area (Å²) in [4.78, 5) is 4.58. The molecule has 0 atom stereocenters. The number of hydrogen-bond donors (Lipinski definition) is 1. The van der Waals surface area contributed by atoms with Crippen molar-refractivity contribution in [3.8, 4) is 22.6 Å². The van der Waals surface area contributed by atoms with Crippen molar-refractivity contribution in [3.05, 3.63) is 84.3 Å². The molecule has 4 aromatic rings.